The maximum absolute atomic E-state index is 2.52. The molecule has 1 aliphatic carbocycles. The Kier molecular flexibility index (Phi) is 4.64. The average Bonchev–Trinajstić information content (AvgIpc) is 3.12. The Hall–Kier alpha value is -1.31. The molecule has 0 spiro atoms. The first-order chi connectivity index (χ1) is 12.0. The molecule has 4 rings (SSSR count). The van der Waals surface area contributed by atoms with Gasteiger partial charge in [0, 0.05) is 0 Å². The van der Waals surface area contributed by atoms with Crippen LogP contribution in [-0.4, -0.2) is 55.2 Å². The van der Waals surface area contributed by atoms with E-state index in [1.54, 1.807) is 7.23 Å². The summed E-state index contributed by atoms with van der Waals surface area (Å²) in [6, 6.07) is 11.9. The third-order valence-electron chi connectivity index (χ3n) is 4.74. The number of nitrogens with zero attached hydrogens (tertiary/aromatic N) is 1. The Balaban J connectivity index is 1.92. The van der Waals surface area contributed by atoms with E-state index in [9.17, 15) is 0 Å². The molecule has 2 heterocycles. The second-order valence-corrected chi connectivity index (χ2v) is 11.0. The summed E-state index contributed by atoms with van der Waals surface area (Å²) >= 11 is 1.48. The molecular formula is C21H23N2STe+. The van der Waals surface area contributed by atoms with E-state index in [0.29, 0.717) is 6.04 Å². The average molecular weight is 463 g/mol. The van der Waals surface area contributed by atoms with Crippen molar-refractivity contribution in [2.75, 3.05) is 33.1 Å². The number of hydrogen-bond acceptors (Lipinski definition) is 2. The van der Waals surface area contributed by atoms with Crippen LogP contribution in [0.4, 0.5) is 5.69 Å². The number of likely N-dealkylation sites (N-methyl/N-ethyl adjacent to an activating group) is 1. The third kappa shape index (κ3) is 3.13. The Morgan fingerprint density at radius 2 is 2.00 bits per heavy atom. The SMILES string of the molecule is CN(C)c1ccc2c(c1)[Te]C1=CC([NH+](C)C)C=CC1=C2c1cccs1. The summed E-state index contributed by atoms with van der Waals surface area (Å²) in [5.74, 6) is 0. The molecular weight excluding hydrogens is 440 g/mol. The van der Waals surface area contributed by atoms with Crippen molar-refractivity contribution in [2.45, 2.75) is 6.04 Å². The van der Waals surface area contributed by atoms with Crippen molar-refractivity contribution in [1.29, 1.82) is 0 Å². The normalized spacial score (nSPS) is 18.9. The van der Waals surface area contributed by atoms with Crippen molar-refractivity contribution >= 4 is 47.1 Å². The second-order valence-electron chi connectivity index (χ2n) is 6.94. The third-order valence-corrected chi connectivity index (χ3v) is 8.86. The molecule has 0 saturated heterocycles. The van der Waals surface area contributed by atoms with Crippen LogP contribution in [0.15, 0.2) is 63.1 Å². The Bertz CT molecular complexity index is 889. The first kappa shape index (κ1) is 17.1. The van der Waals surface area contributed by atoms with E-state index in [-0.39, 0.29) is 20.9 Å². The van der Waals surface area contributed by atoms with Gasteiger partial charge in [-0.05, 0) is 0 Å². The quantitative estimate of drug-likeness (QED) is 0.685. The van der Waals surface area contributed by atoms with Crippen LogP contribution < -0.4 is 13.4 Å². The molecule has 0 radical (unpaired) electrons. The molecule has 4 heteroatoms. The van der Waals surface area contributed by atoms with Crippen LogP contribution in [0.2, 0.25) is 0 Å². The van der Waals surface area contributed by atoms with Gasteiger partial charge in [-0.3, -0.25) is 0 Å². The van der Waals surface area contributed by atoms with Crippen LogP contribution in [-0.2, 0) is 0 Å². The second kappa shape index (κ2) is 6.78. The summed E-state index contributed by atoms with van der Waals surface area (Å²) in [7, 11) is 8.73. The fraction of sp³-hybridized carbons (Fsp3) is 0.238. The molecule has 0 bridgehead atoms. The van der Waals surface area contributed by atoms with E-state index in [1.807, 2.05) is 11.3 Å². The number of fused-ring (bicyclic) bond motifs is 2. The van der Waals surface area contributed by atoms with E-state index >= 15 is 0 Å². The fourth-order valence-corrected chi connectivity index (χ4v) is 7.47. The number of benzene rings is 1. The van der Waals surface area contributed by atoms with Gasteiger partial charge >= 0.3 is 165 Å². The van der Waals surface area contributed by atoms with Gasteiger partial charge in [0.2, 0.25) is 0 Å². The van der Waals surface area contributed by atoms with Gasteiger partial charge in [0.05, 0.1) is 0 Å². The van der Waals surface area contributed by atoms with Crippen molar-refractivity contribution in [2.24, 2.45) is 0 Å². The Morgan fingerprint density at radius 1 is 1.16 bits per heavy atom. The summed E-state index contributed by atoms with van der Waals surface area (Å²) < 4.78 is 3.17. The zero-order valence-corrected chi connectivity index (χ0v) is 18.2. The van der Waals surface area contributed by atoms with Crippen LogP contribution in [0.3, 0.4) is 0 Å². The van der Waals surface area contributed by atoms with Crippen molar-refractivity contribution in [3.05, 3.63) is 73.6 Å². The van der Waals surface area contributed by atoms with Gasteiger partial charge in [0.1, 0.15) is 0 Å². The fourth-order valence-electron chi connectivity index (χ4n) is 3.28. The molecule has 2 aromatic rings. The molecule has 1 aliphatic heterocycles. The standard InChI is InChI=1S/C21H22N2STe/c1-22(2)14-7-9-16-19(12-14)25-20-13-15(23(3)4)8-10-17(20)21(16)18-6-5-11-24-18/h5-14H,1-4H3/p+1. The van der Waals surface area contributed by atoms with Gasteiger partial charge in [-0.1, -0.05) is 0 Å². The minimum absolute atomic E-state index is 0.362. The summed E-state index contributed by atoms with van der Waals surface area (Å²) in [4.78, 5) is 5.06. The van der Waals surface area contributed by atoms with Crippen LogP contribution >= 0.6 is 11.3 Å². The van der Waals surface area contributed by atoms with E-state index < -0.39 is 0 Å². The van der Waals surface area contributed by atoms with Crippen LogP contribution in [0.5, 0.6) is 0 Å². The van der Waals surface area contributed by atoms with Gasteiger partial charge in [-0.2, -0.15) is 0 Å². The number of hydrogen-bond donors (Lipinski definition) is 1. The first-order valence-corrected chi connectivity index (χ1v) is 11.7. The van der Waals surface area contributed by atoms with Gasteiger partial charge in [-0.25, -0.2) is 0 Å². The molecule has 1 aromatic heterocycles. The zero-order chi connectivity index (χ0) is 17.6. The Labute approximate surface area is 164 Å². The molecule has 128 valence electrons. The molecule has 0 fully saturated rings. The Morgan fingerprint density at radius 3 is 2.68 bits per heavy atom. The van der Waals surface area contributed by atoms with Crippen LogP contribution in [0, 0.1) is 0 Å². The van der Waals surface area contributed by atoms with Crippen molar-refractivity contribution in [1.82, 2.24) is 0 Å². The van der Waals surface area contributed by atoms with Gasteiger partial charge in [0.15, 0.2) is 0 Å². The topological polar surface area (TPSA) is 7.68 Å². The molecule has 0 saturated carbocycles. The summed E-state index contributed by atoms with van der Waals surface area (Å²) in [6.07, 6.45) is 7.27. The van der Waals surface area contributed by atoms with Crippen molar-refractivity contribution in [3.8, 4) is 0 Å². The zero-order valence-electron chi connectivity index (χ0n) is 15.0. The molecule has 25 heavy (non-hydrogen) atoms. The molecule has 1 atom stereocenters. The number of thiophene rings is 1. The molecule has 2 nitrogen and oxygen atoms in total. The van der Waals surface area contributed by atoms with Gasteiger partial charge < -0.3 is 0 Å². The monoisotopic (exact) mass is 465 g/mol. The maximum atomic E-state index is 2.52. The minimum atomic E-state index is -0.362. The van der Waals surface area contributed by atoms with E-state index in [4.69, 9.17) is 0 Å². The predicted octanol–water partition coefficient (Wildman–Crippen LogP) is 1.93. The summed E-state index contributed by atoms with van der Waals surface area (Å²) in [6.45, 7) is 0. The molecule has 1 unspecified atom stereocenters. The number of allylic oxidation sites excluding steroid dienone is 3. The summed E-state index contributed by atoms with van der Waals surface area (Å²) in [5, 5.41) is 2.19. The molecule has 1 N–H and O–H groups in total. The van der Waals surface area contributed by atoms with Crippen molar-refractivity contribution in [3.63, 3.8) is 0 Å². The van der Waals surface area contributed by atoms with E-state index in [2.05, 4.69) is 87.0 Å². The van der Waals surface area contributed by atoms with Gasteiger partial charge in [0.25, 0.3) is 0 Å². The van der Waals surface area contributed by atoms with Gasteiger partial charge in [-0.15, -0.1) is 0 Å². The van der Waals surface area contributed by atoms with Crippen LogP contribution in [0.1, 0.15) is 10.4 Å². The van der Waals surface area contributed by atoms with E-state index in [1.165, 1.54) is 32.2 Å². The summed E-state index contributed by atoms with van der Waals surface area (Å²) in [5.41, 5.74) is 5.65. The molecule has 2 aliphatic rings. The number of anilines is 1. The number of nitrogens with one attached hydrogen (secondary N) is 1. The molecule has 1 aromatic carbocycles. The number of quaternary nitrogens is 1. The predicted molar refractivity (Wildman–Crippen MR) is 110 cm³/mol. The number of rotatable bonds is 3. The molecule has 0 amide bonds. The van der Waals surface area contributed by atoms with Crippen LogP contribution in [0.25, 0.3) is 5.57 Å². The van der Waals surface area contributed by atoms with E-state index in [0.717, 1.165) is 0 Å². The first-order valence-electron chi connectivity index (χ1n) is 8.53. The van der Waals surface area contributed by atoms with Crippen molar-refractivity contribution < 1.29 is 4.90 Å².